The molecule has 1 aliphatic rings. The Morgan fingerprint density at radius 1 is 1.50 bits per heavy atom. The van der Waals surface area contributed by atoms with E-state index in [0.717, 1.165) is 12.2 Å². The van der Waals surface area contributed by atoms with Crippen LogP contribution >= 0.6 is 0 Å². The summed E-state index contributed by atoms with van der Waals surface area (Å²) in [4.78, 5) is 14.2. The number of anilines is 1. The van der Waals surface area contributed by atoms with E-state index >= 15 is 0 Å². The predicted octanol–water partition coefficient (Wildman–Crippen LogP) is 2.21. The minimum atomic E-state index is 0.0183. The minimum Gasteiger partial charge on any atom is -0.387 e. The van der Waals surface area contributed by atoms with Gasteiger partial charge in [-0.05, 0) is 30.9 Å². The van der Waals surface area contributed by atoms with Gasteiger partial charge in [0, 0.05) is 19.3 Å². The van der Waals surface area contributed by atoms with Crippen molar-refractivity contribution in [3.8, 4) is 12.3 Å². The number of hydrogen-bond donors (Lipinski definition) is 1. The fraction of sp³-hybridized carbons (Fsp3) is 0.400. The minimum absolute atomic E-state index is 0.0183. The first-order valence-corrected chi connectivity index (χ1v) is 6.25. The van der Waals surface area contributed by atoms with Crippen molar-refractivity contribution in [2.24, 2.45) is 5.92 Å². The Labute approximate surface area is 108 Å². The van der Waals surface area contributed by atoms with Gasteiger partial charge in [0.05, 0.1) is 12.1 Å². The number of amides is 1. The molecule has 94 valence electrons. The highest BCUT2D eigenvalue weighted by Gasteiger charge is 2.27. The van der Waals surface area contributed by atoms with E-state index in [-0.39, 0.29) is 5.91 Å². The summed E-state index contributed by atoms with van der Waals surface area (Å²) in [6.07, 6.45) is 7.77. The summed E-state index contributed by atoms with van der Waals surface area (Å²) in [6, 6.07) is 7.53. The number of nitrogens with one attached hydrogen (secondary N) is 1. The first-order chi connectivity index (χ1) is 8.76. The number of terminal acetylenes is 1. The molecule has 1 fully saturated rings. The van der Waals surface area contributed by atoms with Gasteiger partial charge in [-0.1, -0.05) is 18.1 Å². The molecule has 0 bridgehead atoms. The molecule has 0 heterocycles. The van der Waals surface area contributed by atoms with Crippen molar-refractivity contribution in [2.45, 2.75) is 12.8 Å². The van der Waals surface area contributed by atoms with E-state index in [0.29, 0.717) is 18.0 Å². The van der Waals surface area contributed by atoms with Crippen LogP contribution in [0.2, 0.25) is 0 Å². The van der Waals surface area contributed by atoms with Gasteiger partial charge in [0.2, 0.25) is 0 Å². The second-order valence-corrected chi connectivity index (χ2v) is 4.63. The van der Waals surface area contributed by atoms with Crippen LogP contribution in [0.3, 0.4) is 0 Å². The molecule has 0 atom stereocenters. The zero-order valence-electron chi connectivity index (χ0n) is 10.6. The highest BCUT2D eigenvalue weighted by Crippen LogP contribution is 2.30. The molecule has 0 radical (unpaired) electrons. The molecule has 3 heteroatoms. The molecule has 1 aliphatic carbocycles. The van der Waals surface area contributed by atoms with E-state index in [9.17, 15) is 4.79 Å². The lowest BCUT2D eigenvalue weighted by atomic mass is 10.1. The van der Waals surface area contributed by atoms with Crippen LogP contribution in [0.25, 0.3) is 0 Å². The number of carbonyl (C=O) groups excluding carboxylic acids is 1. The van der Waals surface area contributed by atoms with Gasteiger partial charge in [0.25, 0.3) is 5.91 Å². The molecule has 1 saturated carbocycles. The normalized spacial score (nSPS) is 13.8. The van der Waals surface area contributed by atoms with Gasteiger partial charge in [0.15, 0.2) is 0 Å². The maximum absolute atomic E-state index is 12.5. The van der Waals surface area contributed by atoms with Gasteiger partial charge in [-0.15, -0.1) is 6.42 Å². The summed E-state index contributed by atoms with van der Waals surface area (Å²) < 4.78 is 0. The molecule has 3 nitrogen and oxygen atoms in total. The Hall–Kier alpha value is -1.95. The summed E-state index contributed by atoms with van der Waals surface area (Å²) >= 11 is 0. The Kier molecular flexibility index (Phi) is 3.88. The fourth-order valence-corrected chi connectivity index (χ4v) is 2.00. The van der Waals surface area contributed by atoms with Gasteiger partial charge in [0.1, 0.15) is 0 Å². The summed E-state index contributed by atoms with van der Waals surface area (Å²) in [7, 11) is 1.82. The van der Waals surface area contributed by atoms with Gasteiger partial charge in [-0.2, -0.15) is 0 Å². The fourth-order valence-electron chi connectivity index (χ4n) is 2.00. The Morgan fingerprint density at radius 2 is 2.22 bits per heavy atom. The molecule has 1 N–H and O–H groups in total. The van der Waals surface area contributed by atoms with Crippen molar-refractivity contribution in [3.05, 3.63) is 29.8 Å². The molecule has 0 unspecified atom stereocenters. The summed E-state index contributed by atoms with van der Waals surface area (Å²) in [5.41, 5.74) is 1.54. The van der Waals surface area contributed by atoms with Crippen LogP contribution in [0.1, 0.15) is 23.2 Å². The van der Waals surface area contributed by atoms with E-state index < -0.39 is 0 Å². The third-order valence-corrected chi connectivity index (χ3v) is 3.17. The van der Waals surface area contributed by atoms with Crippen molar-refractivity contribution in [3.63, 3.8) is 0 Å². The highest BCUT2D eigenvalue weighted by molar-refractivity contribution is 5.99. The third-order valence-electron chi connectivity index (χ3n) is 3.17. The molecular formula is C15H18N2O. The highest BCUT2D eigenvalue weighted by atomic mass is 16.2. The van der Waals surface area contributed by atoms with Crippen LogP contribution in [-0.2, 0) is 0 Å². The Balaban J connectivity index is 2.18. The van der Waals surface area contributed by atoms with E-state index in [1.54, 1.807) is 4.90 Å². The second-order valence-electron chi connectivity index (χ2n) is 4.63. The van der Waals surface area contributed by atoms with Crippen molar-refractivity contribution >= 4 is 11.6 Å². The largest absolute Gasteiger partial charge is 0.387 e. The van der Waals surface area contributed by atoms with Crippen LogP contribution < -0.4 is 5.32 Å². The molecular weight excluding hydrogens is 224 g/mol. The third kappa shape index (κ3) is 2.84. The maximum atomic E-state index is 12.5. The van der Waals surface area contributed by atoms with Gasteiger partial charge in [-0.25, -0.2) is 0 Å². The Morgan fingerprint density at radius 3 is 2.83 bits per heavy atom. The van der Waals surface area contributed by atoms with Gasteiger partial charge < -0.3 is 10.2 Å². The van der Waals surface area contributed by atoms with Crippen molar-refractivity contribution < 1.29 is 4.79 Å². The molecule has 2 rings (SSSR count). The second kappa shape index (κ2) is 5.59. The molecule has 0 aliphatic heterocycles. The molecule has 1 amide bonds. The lowest BCUT2D eigenvalue weighted by Gasteiger charge is -2.21. The Bertz CT molecular complexity index is 472. The number of rotatable bonds is 5. The van der Waals surface area contributed by atoms with Crippen molar-refractivity contribution in [1.82, 2.24) is 4.90 Å². The van der Waals surface area contributed by atoms with Crippen LogP contribution in [0, 0.1) is 18.3 Å². The molecule has 0 aromatic heterocycles. The van der Waals surface area contributed by atoms with Crippen LogP contribution in [-0.4, -0.2) is 30.9 Å². The van der Waals surface area contributed by atoms with Gasteiger partial charge >= 0.3 is 0 Å². The zero-order valence-corrected chi connectivity index (χ0v) is 10.6. The number of nitrogens with zero attached hydrogens (tertiary/aromatic N) is 1. The standard InChI is InChI=1S/C15H18N2O/c1-3-10-17(11-12-8-9-12)15(18)13-6-4-5-7-14(13)16-2/h1,4-7,12,16H,8-11H2,2H3. The smallest absolute Gasteiger partial charge is 0.256 e. The van der Waals surface area contributed by atoms with Crippen LogP contribution in [0.5, 0.6) is 0 Å². The summed E-state index contributed by atoms with van der Waals surface area (Å²) in [5.74, 6) is 3.23. The summed E-state index contributed by atoms with van der Waals surface area (Å²) in [5, 5.41) is 3.04. The molecule has 0 spiro atoms. The monoisotopic (exact) mass is 242 g/mol. The van der Waals surface area contributed by atoms with E-state index in [4.69, 9.17) is 6.42 Å². The van der Waals surface area contributed by atoms with E-state index in [1.165, 1.54) is 12.8 Å². The summed E-state index contributed by atoms with van der Waals surface area (Å²) in [6.45, 7) is 1.16. The average Bonchev–Trinajstić information content (AvgIpc) is 3.21. The van der Waals surface area contributed by atoms with Crippen molar-refractivity contribution in [2.75, 3.05) is 25.5 Å². The van der Waals surface area contributed by atoms with Crippen molar-refractivity contribution in [1.29, 1.82) is 0 Å². The lowest BCUT2D eigenvalue weighted by Crippen LogP contribution is -2.33. The van der Waals surface area contributed by atoms with Crippen LogP contribution in [0.15, 0.2) is 24.3 Å². The lowest BCUT2D eigenvalue weighted by molar-refractivity contribution is 0.0771. The molecule has 1 aromatic rings. The first kappa shape index (κ1) is 12.5. The maximum Gasteiger partial charge on any atom is 0.256 e. The van der Waals surface area contributed by atoms with E-state index in [1.807, 2.05) is 31.3 Å². The topological polar surface area (TPSA) is 32.3 Å². The predicted molar refractivity (Wildman–Crippen MR) is 73.4 cm³/mol. The molecule has 18 heavy (non-hydrogen) atoms. The molecule has 1 aromatic carbocycles. The van der Waals surface area contributed by atoms with Gasteiger partial charge in [-0.3, -0.25) is 4.79 Å². The zero-order chi connectivity index (χ0) is 13.0. The molecule has 0 saturated heterocycles. The first-order valence-electron chi connectivity index (χ1n) is 6.25. The van der Waals surface area contributed by atoms with E-state index in [2.05, 4.69) is 11.2 Å². The quantitative estimate of drug-likeness (QED) is 0.803. The number of carbonyl (C=O) groups is 1. The average molecular weight is 242 g/mol. The SMILES string of the molecule is C#CCN(CC1CC1)C(=O)c1ccccc1NC. The van der Waals surface area contributed by atoms with Crippen LogP contribution in [0.4, 0.5) is 5.69 Å². The number of benzene rings is 1. The number of hydrogen-bond acceptors (Lipinski definition) is 2. The number of para-hydroxylation sites is 1.